The van der Waals surface area contributed by atoms with E-state index in [2.05, 4.69) is 29.2 Å². The van der Waals surface area contributed by atoms with Crippen LogP contribution in [0, 0.1) is 5.92 Å². The van der Waals surface area contributed by atoms with E-state index in [9.17, 15) is 14.4 Å². The van der Waals surface area contributed by atoms with E-state index in [4.69, 9.17) is 16.3 Å². The van der Waals surface area contributed by atoms with Gasteiger partial charge in [0.15, 0.2) is 5.78 Å². The molecule has 35 heavy (non-hydrogen) atoms. The zero-order chi connectivity index (χ0) is 24.8. The average Bonchev–Trinajstić information content (AvgIpc) is 3.28. The van der Waals surface area contributed by atoms with E-state index in [0.717, 1.165) is 42.1 Å². The maximum absolute atomic E-state index is 12.5. The molecule has 5 nitrogen and oxygen atoms in total. The molecule has 0 saturated heterocycles. The lowest BCUT2D eigenvalue weighted by Gasteiger charge is -2.28. The van der Waals surface area contributed by atoms with Gasteiger partial charge in [0.1, 0.15) is 5.78 Å². The van der Waals surface area contributed by atoms with Gasteiger partial charge in [-0.1, -0.05) is 35.9 Å². The zero-order valence-corrected chi connectivity index (χ0v) is 20.9. The molecule has 3 aromatic rings. The number of aromatic nitrogens is 1. The monoisotopic (exact) mass is 493 g/mol. The first kappa shape index (κ1) is 25.2. The van der Waals surface area contributed by atoms with Gasteiger partial charge in [-0.05, 0) is 79.3 Å². The fraction of sp³-hybridized carbons (Fsp3) is 0.414. The molecule has 184 valence electrons. The molecule has 1 fully saturated rings. The summed E-state index contributed by atoms with van der Waals surface area (Å²) in [6.45, 7) is 0. The highest BCUT2D eigenvalue weighted by molar-refractivity contribution is 6.31. The fourth-order valence-electron chi connectivity index (χ4n) is 5.08. The number of hydrogen-bond donors (Lipinski definition) is 1. The van der Waals surface area contributed by atoms with Gasteiger partial charge >= 0.3 is 5.97 Å². The molecule has 1 aliphatic carbocycles. The highest BCUT2D eigenvalue weighted by Gasteiger charge is 2.24. The lowest BCUT2D eigenvalue weighted by Crippen LogP contribution is -2.17. The van der Waals surface area contributed by atoms with Gasteiger partial charge in [-0.3, -0.25) is 14.4 Å². The Labute approximate surface area is 211 Å². The summed E-state index contributed by atoms with van der Waals surface area (Å²) in [7, 11) is 1.45. The summed E-state index contributed by atoms with van der Waals surface area (Å²) < 4.78 is 4.79. The number of halogens is 1. The molecule has 6 heteroatoms. The summed E-state index contributed by atoms with van der Waals surface area (Å²) in [5.41, 5.74) is 3.76. The average molecular weight is 494 g/mol. The highest BCUT2D eigenvalue weighted by atomic mass is 35.5. The topological polar surface area (TPSA) is 76.2 Å². The number of benzene rings is 2. The van der Waals surface area contributed by atoms with Gasteiger partial charge in [-0.2, -0.15) is 0 Å². The van der Waals surface area contributed by atoms with Crippen LogP contribution in [0.5, 0.6) is 0 Å². The third-order valence-corrected chi connectivity index (χ3v) is 7.36. The van der Waals surface area contributed by atoms with Crippen LogP contribution in [0.25, 0.3) is 10.9 Å². The van der Waals surface area contributed by atoms with E-state index >= 15 is 0 Å². The van der Waals surface area contributed by atoms with Gasteiger partial charge in [-0.15, -0.1) is 0 Å². The largest absolute Gasteiger partial charge is 0.469 e. The summed E-state index contributed by atoms with van der Waals surface area (Å²) >= 11 is 6.01. The van der Waals surface area contributed by atoms with Crippen molar-refractivity contribution in [1.29, 1.82) is 0 Å². The van der Waals surface area contributed by atoms with Gasteiger partial charge in [0.2, 0.25) is 0 Å². The lowest BCUT2D eigenvalue weighted by molar-refractivity contribution is -0.142. The Kier molecular flexibility index (Phi) is 8.40. The van der Waals surface area contributed by atoms with E-state index in [1.807, 2.05) is 18.2 Å². The van der Waals surface area contributed by atoms with Crippen LogP contribution in [-0.4, -0.2) is 29.6 Å². The predicted molar refractivity (Wildman–Crippen MR) is 138 cm³/mol. The van der Waals surface area contributed by atoms with Gasteiger partial charge in [0.05, 0.1) is 12.8 Å². The number of nitrogens with one attached hydrogen (secondary N) is 1. The first-order valence-corrected chi connectivity index (χ1v) is 12.8. The van der Waals surface area contributed by atoms with Crippen molar-refractivity contribution in [2.24, 2.45) is 5.92 Å². The van der Waals surface area contributed by atoms with Crippen molar-refractivity contribution in [1.82, 2.24) is 4.98 Å². The van der Waals surface area contributed by atoms with Crippen LogP contribution >= 0.6 is 11.6 Å². The Balaban J connectivity index is 1.20. The van der Waals surface area contributed by atoms with Crippen LogP contribution in [0.4, 0.5) is 0 Å². The van der Waals surface area contributed by atoms with E-state index in [1.165, 1.54) is 12.7 Å². The number of hydrogen-bond acceptors (Lipinski definition) is 4. The minimum Gasteiger partial charge on any atom is -0.469 e. The number of H-pyrrole nitrogens is 1. The number of rotatable bonds is 10. The number of carbonyl (C=O) groups excluding carboxylic acids is 3. The van der Waals surface area contributed by atoms with Gasteiger partial charge < -0.3 is 9.72 Å². The Morgan fingerprint density at radius 2 is 1.71 bits per heavy atom. The predicted octanol–water partition coefficient (Wildman–Crippen LogP) is 6.82. The van der Waals surface area contributed by atoms with Crippen molar-refractivity contribution < 1.29 is 19.1 Å². The maximum atomic E-state index is 12.5. The van der Waals surface area contributed by atoms with Crippen molar-refractivity contribution in [2.75, 3.05) is 7.11 Å². The van der Waals surface area contributed by atoms with Crippen LogP contribution in [0.3, 0.4) is 0 Å². The standard InChI is InChI=1S/C29H32ClNO4/c1-35-29(34)16-20-7-11-22(12-8-20)21-9-5-19(6-10-21)15-25(32)3-2-4-28(33)27-18-23-17-24(30)13-14-26(23)31-27/h5-6,9-10,13-14,17-18,20,22,31H,2-4,7-8,11-12,15-16H2,1H3. The Morgan fingerprint density at radius 3 is 2.43 bits per heavy atom. The second-order valence-electron chi connectivity index (χ2n) is 9.65. The van der Waals surface area contributed by atoms with E-state index in [-0.39, 0.29) is 17.5 Å². The summed E-state index contributed by atoms with van der Waals surface area (Å²) in [5.74, 6) is 0.987. The molecule has 2 aromatic carbocycles. The van der Waals surface area contributed by atoms with E-state index in [0.29, 0.717) is 54.7 Å². The maximum Gasteiger partial charge on any atom is 0.305 e. The molecule has 1 heterocycles. The Morgan fingerprint density at radius 1 is 0.971 bits per heavy atom. The third-order valence-electron chi connectivity index (χ3n) is 7.12. The quantitative estimate of drug-likeness (QED) is 0.248. The van der Waals surface area contributed by atoms with Crippen molar-refractivity contribution in [2.45, 2.75) is 63.7 Å². The van der Waals surface area contributed by atoms with Gasteiger partial charge in [-0.25, -0.2) is 0 Å². The molecule has 1 aliphatic rings. The second kappa shape index (κ2) is 11.7. The van der Waals surface area contributed by atoms with Crippen molar-refractivity contribution >= 4 is 40.0 Å². The summed E-state index contributed by atoms with van der Waals surface area (Å²) in [5, 5.41) is 1.55. The normalized spacial score (nSPS) is 17.9. The van der Waals surface area contributed by atoms with Crippen molar-refractivity contribution in [3.05, 3.63) is 70.4 Å². The SMILES string of the molecule is COC(=O)CC1CCC(c2ccc(CC(=O)CCCC(=O)c3cc4cc(Cl)ccc4[nH]3)cc2)CC1. The number of ether oxygens (including phenoxy) is 1. The molecular formula is C29H32ClNO4. The molecule has 0 radical (unpaired) electrons. The molecule has 0 unspecified atom stereocenters. The molecular weight excluding hydrogens is 462 g/mol. The Bertz CT molecular complexity index is 1190. The summed E-state index contributed by atoms with van der Waals surface area (Å²) in [6, 6.07) is 15.7. The molecule has 0 amide bonds. The first-order valence-electron chi connectivity index (χ1n) is 12.4. The molecule has 0 bridgehead atoms. The van der Waals surface area contributed by atoms with Crippen molar-refractivity contribution in [3.8, 4) is 0 Å². The zero-order valence-electron chi connectivity index (χ0n) is 20.1. The number of Topliss-reactive ketones (excluding diaryl/α,β-unsaturated/α-hetero) is 2. The van der Waals surface area contributed by atoms with E-state index in [1.54, 1.807) is 6.07 Å². The highest BCUT2D eigenvalue weighted by Crippen LogP contribution is 2.37. The molecule has 1 saturated carbocycles. The van der Waals surface area contributed by atoms with Crippen molar-refractivity contribution in [3.63, 3.8) is 0 Å². The van der Waals surface area contributed by atoms with Crippen LogP contribution in [0.15, 0.2) is 48.5 Å². The lowest BCUT2D eigenvalue weighted by atomic mass is 9.77. The summed E-state index contributed by atoms with van der Waals surface area (Å²) in [6.07, 6.45) is 6.44. The third kappa shape index (κ3) is 6.82. The second-order valence-corrected chi connectivity index (χ2v) is 10.1. The molecule has 0 spiro atoms. The van der Waals surface area contributed by atoms with Gasteiger partial charge in [0, 0.05) is 41.6 Å². The van der Waals surface area contributed by atoms with Crippen LogP contribution < -0.4 is 0 Å². The minimum absolute atomic E-state index is 0.00998. The first-order chi connectivity index (χ1) is 16.9. The fourth-order valence-corrected chi connectivity index (χ4v) is 5.26. The van der Waals surface area contributed by atoms with Gasteiger partial charge in [0.25, 0.3) is 0 Å². The molecule has 4 rings (SSSR count). The van der Waals surface area contributed by atoms with Crippen LogP contribution in [-0.2, 0) is 20.7 Å². The molecule has 1 N–H and O–H groups in total. The van der Waals surface area contributed by atoms with Crippen LogP contribution in [0.1, 0.15) is 78.9 Å². The number of methoxy groups -OCH3 is 1. The number of esters is 1. The van der Waals surface area contributed by atoms with E-state index < -0.39 is 0 Å². The smallest absolute Gasteiger partial charge is 0.305 e. The Hall–Kier alpha value is -2.92. The number of aromatic amines is 1. The summed E-state index contributed by atoms with van der Waals surface area (Å²) in [4.78, 5) is 39.6. The number of ketones is 2. The molecule has 1 aromatic heterocycles. The minimum atomic E-state index is -0.116. The molecule has 0 aliphatic heterocycles. The number of carbonyl (C=O) groups is 3. The van der Waals surface area contributed by atoms with Crippen LogP contribution in [0.2, 0.25) is 5.02 Å². The molecule has 0 atom stereocenters. The number of fused-ring (bicyclic) bond motifs is 1.